The van der Waals surface area contributed by atoms with Gasteiger partial charge in [0.1, 0.15) is 12.1 Å². The molecule has 2 N–H and O–H groups in total. The maximum Gasteiger partial charge on any atom is 0.409 e. The Bertz CT molecular complexity index is 1400. The lowest BCUT2D eigenvalue weighted by atomic mass is 9.99. The Kier molecular flexibility index (Phi) is 5.60. The fourth-order valence-electron chi connectivity index (χ4n) is 3.88. The Labute approximate surface area is 198 Å². The fraction of sp³-hybridized carbons (Fsp3) is 0.179. The van der Waals surface area contributed by atoms with Crippen LogP contribution < -0.4 is 10.6 Å². The molecule has 168 valence electrons. The minimum atomic E-state index is -0.538. The van der Waals surface area contributed by atoms with Gasteiger partial charge >= 0.3 is 6.09 Å². The first kappa shape index (κ1) is 21.5. The zero-order valence-corrected chi connectivity index (χ0v) is 19.0. The highest BCUT2D eigenvalue weighted by Gasteiger charge is 2.40. The predicted molar refractivity (Wildman–Crippen MR) is 133 cm³/mol. The third-order valence-electron chi connectivity index (χ3n) is 5.76. The van der Waals surface area contributed by atoms with Gasteiger partial charge in [-0.05, 0) is 61.7 Å². The number of anilines is 2. The van der Waals surface area contributed by atoms with E-state index in [1.54, 1.807) is 6.33 Å². The number of amides is 1. The number of ether oxygens (including phenoxy) is 1. The summed E-state index contributed by atoms with van der Waals surface area (Å²) >= 11 is 0. The maximum atomic E-state index is 11.6. The summed E-state index contributed by atoms with van der Waals surface area (Å²) in [6, 6.07) is 24.5. The molecular formula is C28H24N4O2. The Morgan fingerprint density at radius 2 is 1.76 bits per heavy atom. The average Bonchev–Trinajstić information content (AvgIpc) is 3.10. The standard InChI is InChI=1S/C28H24N4O2/c1-28(2)25(34-27(33)32-28)15-11-21-10-14-24-23(17-21)26(30-18-29-24)31-22-12-8-20(9-13-22)16-19-6-4-3-5-7-19/h3-10,12-14,17-18,25H,16H2,1-2H3,(H,32,33)(H,29,30,31). The van der Waals surface area contributed by atoms with Crippen LogP contribution in [0.4, 0.5) is 16.3 Å². The van der Waals surface area contributed by atoms with Crippen LogP contribution in [0.2, 0.25) is 0 Å². The van der Waals surface area contributed by atoms with Crippen molar-refractivity contribution in [3.63, 3.8) is 0 Å². The van der Waals surface area contributed by atoms with Gasteiger partial charge in [0.2, 0.25) is 0 Å². The molecule has 1 unspecified atom stereocenters. The smallest absolute Gasteiger partial charge is 0.409 e. The normalized spacial score (nSPS) is 16.3. The van der Waals surface area contributed by atoms with Crippen molar-refractivity contribution in [3.8, 4) is 11.8 Å². The van der Waals surface area contributed by atoms with Gasteiger partial charge in [0.25, 0.3) is 0 Å². The van der Waals surface area contributed by atoms with Gasteiger partial charge in [-0.3, -0.25) is 0 Å². The number of aromatic nitrogens is 2. The number of fused-ring (bicyclic) bond motifs is 1. The molecule has 6 heteroatoms. The van der Waals surface area contributed by atoms with E-state index in [0.29, 0.717) is 5.82 Å². The van der Waals surface area contributed by atoms with Crippen LogP contribution in [-0.2, 0) is 11.2 Å². The molecule has 34 heavy (non-hydrogen) atoms. The van der Waals surface area contributed by atoms with Crippen LogP contribution in [0.25, 0.3) is 10.9 Å². The van der Waals surface area contributed by atoms with E-state index < -0.39 is 17.7 Å². The van der Waals surface area contributed by atoms with Crippen LogP contribution in [-0.4, -0.2) is 27.7 Å². The number of rotatable bonds is 4. The number of nitrogens with one attached hydrogen (secondary N) is 2. The van der Waals surface area contributed by atoms with Gasteiger partial charge in [0.05, 0.1) is 11.1 Å². The SMILES string of the molecule is CC1(C)NC(=O)OC1C#Cc1ccc2ncnc(Nc3ccc(Cc4ccccc4)cc3)c2c1. The monoisotopic (exact) mass is 448 g/mol. The summed E-state index contributed by atoms with van der Waals surface area (Å²) in [4.78, 5) is 20.4. The molecular weight excluding hydrogens is 424 g/mol. The average molecular weight is 449 g/mol. The van der Waals surface area contributed by atoms with Gasteiger partial charge in [-0.25, -0.2) is 14.8 Å². The molecule has 1 aliphatic rings. The van der Waals surface area contributed by atoms with E-state index in [4.69, 9.17) is 4.74 Å². The number of hydrogen-bond acceptors (Lipinski definition) is 5. The fourth-order valence-corrected chi connectivity index (χ4v) is 3.88. The maximum absolute atomic E-state index is 11.6. The summed E-state index contributed by atoms with van der Waals surface area (Å²) in [5, 5.41) is 7.04. The lowest BCUT2D eigenvalue weighted by Crippen LogP contribution is -2.41. The van der Waals surface area contributed by atoms with Gasteiger partial charge in [-0.1, -0.05) is 54.3 Å². The molecule has 6 nitrogen and oxygen atoms in total. The van der Waals surface area contributed by atoms with E-state index in [9.17, 15) is 4.79 Å². The highest BCUT2D eigenvalue weighted by atomic mass is 16.6. The van der Waals surface area contributed by atoms with Crippen LogP contribution in [0.15, 0.2) is 79.1 Å². The molecule has 0 aliphatic carbocycles. The molecule has 5 rings (SSSR count). The summed E-state index contributed by atoms with van der Waals surface area (Å²) in [5.74, 6) is 6.90. The molecule has 1 aliphatic heterocycles. The molecule has 0 radical (unpaired) electrons. The van der Waals surface area contributed by atoms with Crippen LogP contribution in [0.1, 0.15) is 30.5 Å². The third kappa shape index (κ3) is 4.69. The molecule has 2 heterocycles. The highest BCUT2D eigenvalue weighted by molar-refractivity contribution is 5.91. The van der Waals surface area contributed by atoms with Gasteiger partial charge in [-0.2, -0.15) is 0 Å². The van der Waals surface area contributed by atoms with Crippen LogP contribution in [0, 0.1) is 11.8 Å². The number of nitrogens with zero attached hydrogens (tertiary/aromatic N) is 2. The Morgan fingerprint density at radius 1 is 1.00 bits per heavy atom. The lowest BCUT2D eigenvalue weighted by molar-refractivity contribution is 0.149. The van der Waals surface area contributed by atoms with Gasteiger partial charge in [0.15, 0.2) is 6.10 Å². The number of carbonyl (C=O) groups is 1. The number of cyclic esters (lactones) is 1. The second kappa shape index (κ2) is 8.87. The number of carbonyl (C=O) groups excluding carboxylic acids is 1. The molecule has 0 saturated carbocycles. The second-order valence-electron chi connectivity index (χ2n) is 8.84. The van der Waals surface area contributed by atoms with E-state index in [2.05, 4.69) is 81.0 Å². The lowest BCUT2D eigenvalue weighted by Gasteiger charge is -2.18. The Balaban J connectivity index is 1.37. The zero-order valence-electron chi connectivity index (χ0n) is 19.0. The minimum Gasteiger partial charge on any atom is -0.430 e. The van der Waals surface area contributed by atoms with Crippen molar-refractivity contribution in [3.05, 3.63) is 95.8 Å². The van der Waals surface area contributed by atoms with Crippen molar-refractivity contribution >= 4 is 28.5 Å². The summed E-state index contributed by atoms with van der Waals surface area (Å²) in [6.07, 6.45) is 1.47. The largest absolute Gasteiger partial charge is 0.430 e. The Morgan fingerprint density at radius 3 is 2.50 bits per heavy atom. The first-order valence-corrected chi connectivity index (χ1v) is 11.1. The van der Waals surface area contributed by atoms with Crippen molar-refractivity contribution in [1.82, 2.24) is 15.3 Å². The highest BCUT2D eigenvalue weighted by Crippen LogP contribution is 2.25. The first-order chi connectivity index (χ1) is 16.5. The van der Waals surface area contributed by atoms with Crippen molar-refractivity contribution in [2.75, 3.05) is 5.32 Å². The van der Waals surface area contributed by atoms with E-state index in [-0.39, 0.29) is 0 Å². The van der Waals surface area contributed by atoms with Crippen molar-refractivity contribution in [1.29, 1.82) is 0 Å². The van der Waals surface area contributed by atoms with Gasteiger partial charge in [0, 0.05) is 16.6 Å². The van der Waals surface area contributed by atoms with E-state index in [1.807, 2.05) is 38.1 Å². The van der Waals surface area contributed by atoms with Crippen LogP contribution in [0.5, 0.6) is 0 Å². The number of alkyl carbamates (subject to hydrolysis) is 1. The molecule has 1 amide bonds. The quantitative estimate of drug-likeness (QED) is 0.420. The van der Waals surface area contributed by atoms with Crippen molar-refractivity contribution in [2.45, 2.75) is 31.9 Å². The summed E-state index contributed by atoms with van der Waals surface area (Å²) in [5.41, 5.74) is 4.54. The predicted octanol–water partition coefficient (Wildman–Crippen LogP) is 5.20. The minimum absolute atomic E-state index is 0.447. The van der Waals surface area contributed by atoms with Gasteiger partial charge in [-0.15, -0.1) is 0 Å². The molecule has 1 aromatic heterocycles. The zero-order chi connectivity index (χ0) is 23.5. The summed E-state index contributed by atoms with van der Waals surface area (Å²) < 4.78 is 5.27. The molecule has 1 saturated heterocycles. The summed E-state index contributed by atoms with van der Waals surface area (Å²) in [7, 11) is 0. The second-order valence-corrected chi connectivity index (χ2v) is 8.84. The first-order valence-electron chi connectivity index (χ1n) is 11.1. The van der Waals surface area contributed by atoms with Crippen LogP contribution in [0.3, 0.4) is 0 Å². The molecule has 0 spiro atoms. The summed E-state index contributed by atoms with van der Waals surface area (Å²) in [6.45, 7) is 3.78. The molecule has 0 bridgehead atoms. The van der Waals surface area contributed by atoms with Gasteiger partial charge < -0.3 is 15.4 Å². The van der Waals surface area contributed by atoms with E-state index in [1.165, 1.54) is 11.1 Å². The molecule has 1 fully saturated rings. The van der Waals surface area contributed by atoms with Crippen LogP contribution >= 0.6 is 0 Å². The van der Waals surface area contributed by atoms with Crippen molar-refractivity contribution < 1.29 is 9.53 Å². The Hall–Kier alpha value is -4.37. The topological polar surface area (TPSA) is 76.1 Å². The number of hydrogen-bond donors (Lipinski definition) is 2. The number of benzene rings is 3. The third-order valence-corrected chi connectivity index (χ3v) is 5.76. The molecule has 4 aromatic rings. The van der Waals surface area contributed by atoms with E-state index in [0.717, 1.165) is 28.6 Å². The van der Waals surface area contributed by atoms with Crippen molar-refractivity contribution in [2.24, 2.45) is 0 Å². The molecule has 3 aromatic carbocycles. The molecule has 1 atom stereocenters. The van der Waals surface area contributed by atoms with E-state index >= 15 is 0 Å².